The summed E-state index contributed by atoms with van der Waals surface area (Å²) in [7, 11) is 0. The lowest BCUT2D eigenvalue weighted by Gasteiger charge is -2.35. The van der Waals surface area contributed by atoms with E-state index in [0.29, 0.717) is 163 Å². The summed E-state index contributed by atoms with van der Waals surface area (Å²) in [5.41, 5.74) is 0. The fraction of sp³-hybridized carbons (Fsp3) is 0.888. The summed E-state index contributed by atoms with van der Waals surface area (Å²) < 4.78 is 67.5. The van der Waals surface area contributed by atoms with Crippen LogP contribution in [0.3, 0.4) is 0 Å². The van der Waals surface area contributed by atoms with E-state index in [2.05, 4.69) is 49.3 Å². The van der Waals surface area contributed by atoms with Crippen LogP contribution < -0.4 is 0 Å². The number of nitrogens with zero attached hydrogens (tertiary/aromatic N) is 5. The van der Waals surface area contributed by atoms with E-state index in [0.717, 1.165) is 168 Å². The van der Waals surface area contributed by atoms with Gasteiger partial charge >= 0.3 is 59.7 Å². The van der Waals surface area contributed by atoms with Crippen LogP contribution in [0.4, 0.5) is 0 Å². The highest BCUT2D eigenvalue weighted by Gasteiger charge is 2.23. The van der Waals surface area contributed by atoms with Crippen LogP contribution in [-0.4, -0.2) is 275 Å². The monoisotopic (exact) mass is 1650 g/mol. The minimum atomic E-state index is -0.377. The molecule has 0 saturated carbocycles. The number of rotatable bonds is 81. The van der Waals surface area contributed by atoms with Gasteiger partial charge in [0.1, 0.15) is 0 Å². The van der Waals surface area contributed by atoms with Gasteiger partial charge in [-0.2, -0.15) is 0 Å². The van der Waals surface area contributed by atoms with Gasteiger partial charge in [-0.3, -0.25) is 72.4 Å². The molecule has 4 atom stereocenters. The van der Waals surface area contributed by atoms with Crippen LogP contribution in [0.25, 0.3) is 0 Å². The van der Waals surface area contributed by atoms with Gasteiger partial charge in [0, 0.05) is 105 Å². The number of ether oxygens (including phenoxy) is 12. The number of hydrogen-bond acceptors (Lipinski definition) is 27. The molecule has 1 rings (SSSR count). The fourth-order valence-electron chi connectivity index (χ4n) is 12.7. The van der Waals surface area contributed by atoms with Crippen molar-refractivity contribution in [2.24, 2.45) is 23.7 Å². The van der Waals surface area contributed by atoms with Crippen molar-refractivity contribution in [1.29, 1.82) is 0 Å². The minimum absolute atomic E-state index is 0.0898. The highest BCUT2D eigenvalue weighted by molar-refractivity contribution is 5.74. The Labute approximate surface area is 700 Å². The molecule has 1 fully saturated rings. The second-order valence-electron chi connectivity index (χ2n) is 31.5. The maximum Gasteiger partial charge on any atom is 0.308 e. The number of carbonyl (C=O) groups excluding carboxylic acids is 10. The number of esters is 10. The molecule has 0 radical (unpaired) electrons. The molecule has 0 aliphatic carbocycles. The molecule has 1 aliphatic heterocycles. The summed E-state index contributed by atoms with van der Waals surface area (Å²) in [4.78, 5) is 138. The second kappa shape index (κ2) is 76.8. The van der Waals surface area contributed by atoms with Gasteiger partial charge in [0.25, 0.3) is 0 Å². The van der Waals surface area contributed by atoms with E-state index in [1.165, 1.54) is 6.42 Å². The predicted octanol–water partition coefficient (Wildman–Crippen LogP) is 14.1. The molecular formula is C89H163N5O22. The number of unbranched alkanes of at least 4 members (excludes halogenated alkanes) is 17. The molecule has 0 amide bonds. The quantitative estimate of drug-likeness (QED) is 0.0310. The summed E-state index contributed by atoms with van der Waals surface area (Å²) in [5.74, 6) is -3.33. The van der Waals surface area contributed by atoms with Gasteiger partial charge in [-0.25, -0.2) is 0 Å². The Bertz CT molecular complexity index is 2440. The largest absolute Gasteiger partial charge is 0.466 e. The molecule has 676 valence electrons. The van der Waals surface area contributed by atoms with E-state index in [1.54, 1.807) is 0 Å². The third kappa shape index (κ3) is 65.3. The van der Waals surface area contributed by atoms with Gasteiger partial charge in [0.15, 0.2) is 0 Å². The van der Waals surface area contributed by atoms with Gasteiger partial charge in [-0.05, 0) is 96.3 Å². The molecule has 1 heterocycles. The van der Waals surface area contributed by atoms with E-state index in [9.17, 15) is 47.9 Å². The van der Waals surface area contributed by atoms with Crippen LogP contribution in [0.2, 0.25) is 0 Å². The molecule has 0 aromatic rings. The standard InChI is InChI=1S/C89H163N5O22/c1-10-15-20-21-26-41-80(95)107-62-27-28-63-108-81(96)42-47-91(50-45-84(99)111-66-31-35-70-115-88(103)78(8)39-24-18-13-4)59-73-106-75-61-94-56-54-93(55-57-94)53-52-92(51-46-85(100)112-67-32-36-71-116-89(104)79(9)40-25-19-14-5)60-74-105-72-58-90(48-43-82(97)109-64-29-33-68-113-86(101)76(6)37-22-16-11-2)49-44-83(98)110-65-30-34-69-114-87(102)77(7)38-23-17-12-3/h76-79H,10-75H2,1-9H3. The van der Waals surface area contributed by atoms with Gasteiger partial charge in [0.05, 0.1) is 148 Å². The molecule has 0 aromatic carbocycles. The molecule has 4 unspecified atom stereocenters. The van der Waals surface area contributed by atoms with Crippen molar-refractivity contribution < 1.29 is 105 Å². The van der Waals surface area contributed by atoms with E-state index in [1.807, 2.05) is 37.5 Å². The Kier molecular flexibility index (Phi) is 71.8. The lowest BCUT2D eigenvalue weighted by atomic mass is 10.0. The average molecular weight is 1660 g/mol. The van der Waals surface area contributed by atoms with Crippen LogP contribution in [0, 0.1) is 23.7 Å². The second-order valence-corrected chi connectivity index (χ2v) is 31.5. The third-order valence-corrected chi connectivity index (χ3v) is 20.9. The zero-order chi connectivity index (χ0) is 85.1. The first-order valence-corrected chi connectivity index (χ1v) is 45.6. The molecule has 1 saturated heterocycles. The minimum Gasteiger partial charge on any atom is -0.466 e. The third-order valence-electron chi connectivity index (χ3n) is 20.9. The molecule has 27 heteroatoms. The first-order chi connectivity index (χ1) is 56.2. The van der Waals surface area contributed by atoms with E-state index < -0.39 is 0 Å². The molecule has 1 aliphatic rings. The van der Waals surface area contributed by atoms with Crippen LogP contribution in [-0.2, 0) is 105 Å². The van der Waals surface area contributed by atoms with Crippen LogP contribution in [0.5, 0.6) is 0 Å². The first kappa shape index (κ1) is 108. The van der Waals surface area contributed by atoms with Crippen molar-refractivity contribution in [1.82, 2.24) is 24.5 Å². The van der Waals surface area contributed by atoms with Crippen molar-refractivity contribution in [3.8, 4) is 0 Å². The highest BCUT2D eigenvalue weighted by atomic mass is 16.6. The topological polar surface area (TPSA) is 298 Å². The molecule has 0 aromatic heterocycles. The average Bonchev–Trinajstić information content (AvgIpc) is 0.901. The Morgan fingerprint density at radius 1 is 0.233 bits per heavy atom. The van der Waals surface area contributed by atoms with Crippen LogP contribution in [0.15, 0.2) is 0 Å². The molecule has 116 heavy (non-hydrogen) atoms. The number of piperazine rings is 1. The predicted molar refractivity (Wildman–Crippen MR) is 449 cm³/mol. The number of hydrogen-bond donors (Lipinski definition) is 0. The lowest BCUT2D eigenvalue weighted by Crippen LogP contribution is -2.49. The van der Waals surface area contributed by atoms with Crippen molar-refractivity contribution >= 4 is 59.7 Å². The maximum absolute atomic E-state index is 13.2. The fourth-order valence-corrected chi connectivity index (χ4v) is 12.7. The van der Waals surface area contributed by atoms with Crippen molar-refractivity contribution in [3.05, 3.63) is 0 Å². The van der Waals surface area contributed by atoms with Crippen molar-refractivity contribution in [2.45, 2.75) is 300 Å². The molecule has 0 spiro atoms. The van der Waals surface area contributed by atoms with Crippen molar-refractivity contribution in [2.75, 3.05) is 191 Å². The molecular weight excluding hydrogens is 1490 g/mol. The SMILES string of the molecule is CCCCCCCC(=O)OCCCCOC(=O)CCN(CCOCCN1CCN(CCN(CCOCCN(CCC(=O)OCCCCOC(=O)C(C)CCCCC)CCC(=O)OCCCCOC(=O)C(C)CCCCC)CCC(=O)OCCCCOC(=O)C(C)CCCCC)CC1)CCC(=O)OCCCCOC(=O)C(C)CCCCC. The zero-order valence-corrected chi connectivity index (χ0v) is 74.2. The Balaban J connectivity index is 2.96. The molecule has 27 nitrogen and oxygen atoms in total. The highest BCUT2D eigenvalue weighted by Crippen LogP contribution is 2.17. The summed E-state index contributed by atoms with van der Waals surface area (Å²) in [6.45, 7) is 31.0. The smallest absolute Gasteiger partial charge is 0.308 e. The summed E-state index contributed by atoms with van der Waals surface area (Å²) in [6, 6.07) is 0. The van der Waals surface area contributed by atoms with E-state index >= 15 is 0 Å². The van der Waals surface area contributed by atoms with Crippen LogP contribution in [0.1, 0.15) is 300 Å². The Hall–Kier alpha value is -5.58. The molecule has 0 N–H and O–H groups in total. The van der Waals surface area contributed by atoms with Gasteiger partial charge in [-0.1, -0.05) is 165 Å². The first-order valence-electron chi connectivity index (χ1n) is 45.6. The summed E-state index contributed by atoms with van der Waals surface area (Å²) in [5, 5.41) is 0. The van der Waals surface area contributed by atoms with E-state index in [-0.39, 0.29) is 175 Å². The number of carbonyl (C=O) groups is 10. The lowest BCUT2D eigenvalue weighted by molar-refractivity contribution is -0.149. The Morgan fingerprint density at radius 2 is 0.457 bits per heavy atom. The van der Waals surface area contributed by atoms with Gasteiger partial charge in [-0.15, -0.1) is 0 Å². The normalized spacial score (nSPS) is 13.6. The van der Waals surface area contributed by atoms with Gasteiger partial charge < -0.3 is 56.8 Å². The van der Waals surface area contributed by atoms with Crippen LogP contribution >= 0.6 is 0 Å². The zero-order valence-electron chi connectivity index (χ0n) is 74.2. The maximum atomic E-state index is 13.2. The summed E-state index contributed by atoms with van der Waals surface area (Å²) in [6.07, 6.45) is 27.9. The molecule has 0 bridgehead atoms. The summed E-state index contributed by atoms with van der Waals surface area (Å²) >= 11 is 0. The van der Waals surface area contributed by atoms with Crippen molar-refractivity contribution in [3.63, 3.8) is 0 Å². The van der Waals surface area contributed by atoms with E-state index in [4.69, 9.17) is 56.8 Å². The van der Waals surface area contributed by atoms with Gasteiger partial charge in [0.2, 0.25) is 0 Å². The Morgan fingerprint density at radius 3 is 0.733 bits per heavy atom.